The average molecular weight is 433 g/mol. The molecule has 0 atom stereocenters. The first kappa shape index (κ1) is 18.6. The van der Waals surface area contributed by atoms with Crippen molar-refractivity contribution in [3.05, 3.63) is 99.3 Å². The molecule has 0 saturated heterocycles. The van der Waals surface area contributed by atoms with E-state index in [9.17, 15) is 4.79 Å². The summed E-state index contributed by atoms with van der Waals surface area (Å²) in [4.78, 5) is 20.5. The van der Waals surface area contributed by atoms with Gasteiger partial charge in [0.25, 0.3) is 0 Å². The minimum Gasteiger partial charge on any atom is -0.343 e. The molecule has 3 nitrogen and oxygen atoms in total. The lowest BCUT2D eigenvalue weighted by Crippen LogP contribution is -2.04. The molecule has 0 aliphatic rings. The fraction of sp³-hybridized carbons (Fsp3) is 0.167. The lowest BCUT2D eigenvalue weighted by molar-refractivity contribution is 0.0992. The van der Waals surface area contributed by atoms with Crippen molar-refractivity contribution in [2.45, 2.75) is 26.2 Å². The van der Waals surface area contributed by atoms with Crippen LogP contribution in [0.5, 0.6) is 0 Å². The molecule has 0 fully saturated rings. The van der Waals surface area contributed by atoms with Crippen molar-refractivity contribution in [2.75, 3.05) is 0 Å². The number of pyridine rings is 1. The standard InChI is InChI=1S/C24H21BrN2O/c1-16-5-4-6-17(11-16)9-10-20-14-19-12-18(15-26-24(19)27-20)13-23(28)21-7-2-3-8-22(21)25/h2-8,11-12,14-15H,9-10,13H2,1H3,(H,26,27). The van der Waals surface area contributed by atoms with Crippen LogP contribution in [-0.4, -0.2) is 15.8 Å². The van der Waals surface area contributed by atoms with Crippen molar-refractivity contribution >= 4 is 32.7 Å². The van der Waals surface area contributed by atoms with E-state index in [0.29, 0.717) is 12.0 Å². The van der Waals surface area contributed by atoms with E-state index < -0.39 is 0 Å². The Morgan fingerprint density at radius 3 is 2.68 bits per heavy atom. The first-order valence-corrected chi connectivity index (χ1v) is 10.2. The molecule has 0 saturated carbocycles. The van der Waals surface area contributed by atoms with Gasteiger partial charge in [-0.3, -0.25) is 4.79 Å². The number of carbonyl (C=O) groups is 1. The van der Waals surface area contributed by atoms with E-state index in [2.05, 4.69) is 69.2 Å². The largest absolute Gasteiger partial charge is 0.343 e. The zero-order valence-corrected chi connectivity index (χ0v) is 17.3. The summed E-state index contributed by atoms with van der Waals surface area (Å²) in [5.74, 6) is 0.0869. The number of hydrogen-bond acceptors (Lipinski definition) is 2. The van der Waals surface area contributed by atoms with Gasteiger partial charge < -0.3 is 4.98 Å². The molecule has 4 heteroatoms. The number of Topliss-reactive ketones (excluding diaryl/α,β-unsaturated/α-hetero) is 1. The molecule has 0 radical (unpaired) electrons. The monoisotopic (exact) mass is 432 g/mol. The predicted octanol–water partition coefficient (Wildman–Crippen LogP) is 5.84. The van der Waals surface area contributed by atoms with Crippen LogP contribution in [0.1, 0.15) is 32.7 Å². The second kappa shape index (κ2) is 8.11. The molecular formula is C24H21BrN2O. The van der Waals surface area contributed by atoms with Crippen molar-refractivity contribution in [2.24, 2.45) is 0 Å². The van der Waals surface area contributed by atoms with Crippen LogP contribution < -0.4 is 0 Å². The first-order chi connectivity index (χ1) is 13.6. The Morgan fingerprint density at radius 1 is 1.00 bits per heavy atom. The second-order valence-corrected chi connectivity index (χ2v) is 8.00. The lowest BCUT2D eigenvalue weighted by atomic mass is 10.0. The number of nitrogens with one attached hydrogen (secondary N) is 1. The Labute approximate surface area is 173 Å². The van der Waals surface area contributed by atoms with Gasteiger partial charge in [0.05, 0.1) is 0 Å². The zero-order valence-electron chi connectivity index (χ0n) is 15.7. The van der Waals surface area contributed by atoms with Crippen molar-refractivity contribution in [3.8, 4) is 0 Å². The molecule has 4 aromatic rings. The van der Waals surface area contributed by atoms with Gasteiger partial charge >= 0.3 is 0 Å². The Hall–Kier alpha value is -2.72. The van der Waals surface area contributed by atoms with Gasteiger partial charge in [-0.2, -0.15) is 0 Å². The van der Waals surface area contributed by atoms with Gasteiger partial charge in [-0.1, -0.05) is 64.0 Å². The summed E-state index contributed by atoms with van der Waals surface area (Å²) < 4.78 is 0.828. The number of ketones is 1. The number of aromatic nitrogens is 2. The van der Waals surface area contributed by atoms with Crippen molar-refractivity contribution in [3.63, 3.8) is 0 Å². The molecule has 28 heavy (non-hydrogen) atoms. The van der Waals surface area contributed by atoms with Crippen molar-refractivity contribution in [1.29, 1.82) is 0 Å². The van der Waals surface area contributed by atoms with Crippen LogP contribution in [0, 0.1) is 6.92 Å². The number of H-pyrrole nitrogens is 1. The molecule has 4 rings (SSSR count). The maximum absolute atomic E-state index is 12.6. The summed E-state index contributed by atoms with van der Waals surface area (Å²) in [5, 5.41) is 1.05. The van der Waals surface area contributed by atoms with Gasteiger partial charge in [0, 0.05) is 33.7 Å². The maximum Gasteiger partial charge on any atom is 0.168 e. The zero-order chi connectivity index (χ0) is 19.5. The number of aryl methyl sites for hydroxylation is 3. The Kier molecular flexibility index (Phi) is 5.40. The highest BCUT2D eigenvalue weighted by Crippen LogP contribution is 2.20. The van der Waals surface area contributed by atoms with Crippen LogP contribution in [0.3, 0.4) is 0 Å². The van der Waals surface area contributed by atoms with Crippen LogP contribution >= 0.6 is 15.9 Å². The fourth-order valence-electron chi connectivity index (χ4n) is 3.46. The van der Waals surface area contributed by atoms with E-state index in [-0.39, 0.29) is 5.78 Å². The SMILES string of the molecule is Cc1cccc(CCc2cc3cc(CC(=O)c4ccccc4Br)cnc3[nH]2)c1. The summed E-state index contributed by atoms with van der Waals surface area (Å²) in [7, 11) is 0. The van der Waals surface area contributed by atoms with Crippen molar-refractivity contribution < 1.29 is 4.79 Å². The van der Waals surface area contributed by atoms with Gasteiger partial charge in [-0.25, -0.2) is 4.98 Å². The molecule has 1 N–H and O–H groups in total. The molecule has 0 aliphatic heterocycles. The van der Waals surface area contributed by atoms with Gasteiger partial charge in [0.2, 0.25) is 0 Å². The first-order valence-electron chi connectivity index (χ1n) is 9.38. The third-order valence-electron chi connectivity index (χ3n) is 4.89. The van der Waals surface area contributed by atoms with E-state index in [1.54, 1.807) is 6.20 Å². The van der Waals surface area contributed by atoms with Crippen LogP contribution in [0.2, 0.25) is 0 Å². The van der Waals surface area contributed by atoms with Crippen LogP contribution in [-0.2, 0) is 19.3 Å². The molecule has 140 valence electrons. The molecule has 0 unspecified atom stereocenters. The van der Waals surface area contributed by atoms with Gasteiger partial charge in [0.1, 0.15) is 5.65 Å². The van der Waals surface area contributed by atoms with E-state index >= 15 is 0 Å². The Balaban J connectivity index is 1.48. The summed E-state index contributed by atoms with van der Waals surface area (Å²) in [5.41, 5.74) is 6.30. The third kappa shape index (κ3) is 4.23. The molecule has 0 amide bonds. The number of halogens is 1. The van der Waals surface area contributed by atoms with E-state index in [4.69, 9.17) is 0 Å². The number of hydrogen-bond donors (Lipinski definition) is 1. The summed E-state index contributed by atoms with van der Waals surface area (Å²) in [6.07, 6.45) is 4.06. The second-order valence-electron chi connectivity index (χ2n) is 7.14. The van der Waals surface area contributed by atoms with Gasteiger partial charge in [0.15, 0.2) is 5.78 Å². The van der Waals surface area contributed by atoms with Crippen molar-refractivity contribution in [1.82, 2.24) is 9.97 Å². The Bertz CT molecular complexity index is 1150. The number of benzene rings is 2. The number of carbonyl (C=O) groups excluding carboxylic acids is 1. The minimum atomic E-state index is 0.0869. The summed E-state index contributed by atoms with van der Waals surface area (Å²) >= 11 is 3.45. The lowest BCUT2D eigenvalue weighted by Gasteiger charge is -2.03. The number of rotatable bonds is 6. The number of fused-ring (bicyclic) bond motifs is 1. The molecule has 0 spiro atoms. The molecule has 2 aromatic carbocycles. The highest BCUT2D eigenvalue weighted by atomic mass is 79.9. The van der Waals surface area contributed by atoms with Crippen LogP contribution in [0.15, 0.2) is 71.3 Å². The predicted molar refractivity (Wildman–Crippen MR) is 117 cm³/mol. The third-order valence-corrected chi connectivity index (χ3v) is 5.58. The highest BCUT2D eigenvalue weighted by Gasteiger charge is 2.12. The van der Waals surface area contributed by atoms with E-state index in [1.165, 1.54) is 16.8 Å². The topological polar surface area (TPSA) is 45.8 Å². The Morgan fingerprint density at radius 2 is 1.86 bits per heavy atom. The average Bonchev–Trinajstić information content (AvgIpc) is 3.09. The number of nitrogens with zero attached hydrogens (tertiary/aromatic N) is 1. The van der Waals surface area contributed by atoms with Crippen LogP contribution in [0.25, 0.3) is 11.0 Å². The van der Waals surface area contributed by atoms with E-state index in [1.807, 2.05) is 24.3 Å². The summed E-state index contributed by atoms with van der Waals surface area (Å²) in [6.45, 7) is 2.12. The molecule has 2 heterocycles. The fourth-order valence-corrected chi connectivity index (χ4v) is 3.97. The molecule has 2 aromatic heterocycles. The minimum absolute atomic E-state index is 0.0869. The highest BCUT2D eigenvalue weighted by molar-refractivity contribution is 9.10. The maximum atomic E-state index is 12.6. The number of aromatic amines is 1. The van der Waals surface area contributed by atoms with Gasteiger partial charge in [-0.05, 0) is 49.1 Å². The molecule has 0 aliphatic carbocycles. The molecule has 0 bridgehead atoms. The quantitative estimate of drug-likeness (QED) is 0.388. The van der Waals surface area contributed by atoms with Crippen LogP contribution in [0.4, 0.5) is 0 Å². The summed E-state index contributed by atoms with van der Waals surface area (Å²) in [6, 6.07) is 20.3. The smallest absolute Gasteiger partial charge is 0.168 e. The normalized spacial score (nSPS) is 11.1. The van der Waals surface area contributed by atoms with Gasteiger partial charge in [-0.15, -0.1) is 0 Å². The van der Waals surface area contributed by atoms with E-state index in [0.717, 1.165) is 33.9 Å². The molecular weight excluding hydrogens is 412 g/mol.